The van der Waals surface area contributed by atoms with E-state index in [0.717, 1.165) is 43.3 Å². The SMILES string of the molecule is CCCC(N)c1nc2c(s1)CN(CC(C)C)CC2. The zero-order chi connectivity index (χ0) is 13.1. The Balaban J connectivity index is 2.04. The first-order chi connectivity index (χ1) is 8.60. The van der Waals surface area contributed by atoms with Gasteiger partial charge in [0, 0.05) is 30.9 Å². The lowest BCUT2D eigenvalue weighted by molar-refractivity contribution is 0.228. The van der Waals surface area contributed by atoms with Crippen LogP contribution in [0.2, 0.25) is 0 Å². The molecular formula is C14H25N3S. The predicted octanol–water partition coefficient (Wildman–Crippen LogP) is 2.96. The maximum atomic E-state index is 6.17. The van der Waals surface area contributed by atoms with E-state index in [0.29, 0.717) is 0 Å². The highest BCUT2D eigenvalue weighted by Crippen LogP contribution is 2.29. The molecule has 0 fully saturated rings. The fourth-order valence-corrected chi connectivity index (χ4v) is 3.72. The van der Waals surface area contributed by atoms with Crippen molar-refractivity contribution >= 4 is 11.3 Å². The molecule has 2 heterocycles. The van der Waals surface area contributed by atoms with Gasteiger partial charge in [-0.1, -0.05) is 27.2 Å². The van der Waals surface area contributed by atoms with Crippen LogP contribution in [-0.4, -0.2) is 23.0 Å². The van der Waals surface area contributed by atoms with Gasteiger partial charge in [0.05, 0.1) is 11.7 Å². The second kappa shape index (κ2) is 6.13. The van der Waals surface area contributed by atoms with Gasteiger partial charge in [-0.25, -0.2) is 4.98 Å². The summed E-state index contributed by atoms with van der Waals surface area (Å²) in [7, 11) is 0. The average Bonchev–Trinajstić information content (AvgIpc) is 2.71. The summed E-state index contributed by atoms with van der Waals surface area (Å²) in [4.78, 5) is 8.74. The number of rotatable bonds is 5. The number of hydrogen-bond acceptors (Lipinski definition) is 4. The van der Waals surface area contributed by atoms with Crippen LogP contribution in [0.3, 0.4) is 0 Å². The Hall–Kier alpha value is -0.450. The Bertz CT molecular complexity index is 386. The van der Waals surface area contributed by atoms with E-state index in [1.807, 2.05) is 11.3 Å². The molecule has 1 aromatic rings. The van der Waals surface area contributed by atoms with Crippen molar-refractivity contribution in [3.8, 4) is 0 Å². The minimum Gasteiger partial charge on any atom is -0.322 e. The molecule has 102 valence electrons. The lowest BCUT2D eigenvalue weighted by atomic mass is 10.1. The largest absolute Gasteiger partial charge is 0.322 e. The molecule has 4 heteroatoms. The van der Waals surface area contributed by atoms with E-state index in [4.69, 9.17) is 10.7 Å². The van der Waals surface area contributed by atoms with E-state index in [2.05, 4.69) is 25.7 Å². The number of nitrogens with two attached hydrogens (primary N) is 1. The topological polar surface area (TPSA) is 42.1 Å². The van der Waals surface area contributed by atoms with Crippen LogP contribution in [0.4, 0.5) is 0 Å². The minimum atomic E-state index is 0.143. The molecule has 0 aliphatic carbocycles. The zero-order valence-electron chi connectivity index (χ0n) is 11.8. The second-order valence-electron chi connectivity index (χ2n) is 5.70. The Labute approximate surface area is 114 Å². The van der Waals surface area contributed by atoms with Crippen molar-refractivity contribution in [2.75, 3.05) is 13.1 Å². The molecule has 0 spiro atoms. The van der Waals surface area contributed by atoms with Crippen LogP contribution in [0.25, 0.3) is 0 Å². The Morgan fingerprint density at radius 1 is 1.44 bits per heavy atom. The normalized spacial score (nSPS) is 18.1. The van der Waals surface area contributed by atoms with Crippen molar-refractivity contribution in [2.24, 2.45) is 11.7 Å². The molecule has 0 saturated heterocycles. The van der Waals surface area contributed by atoms with E-state index in [1.54, 1.807) is 0 Å². The Morgan fingerprint density at radius 3 is 2.89 bits per heavy atom. The number of nitrogens with zero attached hydrogens (tertiary/aromatic N) is 2. The van der Waals surface area contributed by atoms with Gasteiger partial charge in [-0.2, -0.15) is 0 Å². The lowest BCUT2D eigenvalue weighted by Crippen LogP contribution is -2.32. The lowest BCUT2D eigenvalue weighted by Gasteiger charge is -2.27. The minimum absolute atomic E-state index is 0.143. The summed E-state index contributed by atoms with van der Waals surface area (Å²) < 4.78 is 0. The number of aromatic nitrogens is 1. The first-order valence-electron chi connectivity index (χ1n) is 7.06. The van der Waals surface area contributed by atoms with Crippen molar-refractivity contribution in [1.82, 2.24) is 9.88 Å². The number of hydrogen-bond donors (Lipinski definition) is 1. The van der Waals surface area contributed by atoms with Crippen LogP contribution < -0.4 is 5.73 Å². The smallest absolute Gasteiger partial charge is 0.110 e. The molecule has 0 bridgehead atoms. The van der Waals surface area contributed by atoms with E-state index in [9.17, 15) is 0 Å². The van der Waals surface area contributed by atoms with E-state index in [1.165, 1.54) is 17.1 Å². The Morgan fingerprint density at radius 2 is 2.22 bits per heavy atom. The molecule has 0 aromatic carbocycles. The molecule has 0 saturated carbocycles. The molecule has 3 nitrogen and oxygen atoms in total. The third-order valence-electron chi connectivity index (χ3n) is 3.37. The van der Waals surface area contributed by atoms with Crippen LogP contribution >= 0.6 is 11.3 Å². The number of fused-ring (bicyclic) bond motifs is 1. The molecular weight excluding hydrogens is 242 g/mol. The molecule has 1 atom stereocenters. The number of thiazole rings is 1. The van der Waals surface area contributed by atoms with Crippen LogP contribution in [0.1, 0.15) is 55.2 Å². The van der Waals surface area contributed by atoms with Crippen molar-refractivity contribution in [3.05, 3.63) is 15.6 Å². The molecule has 1 unspecified atom stereocenters. The molecule has 0 radical (unpaired) electrons. The standard InChI is InChI=1S/C14H25N3S/c1-4-5-11(15)14-16-12-6-7-17(8-10(2)3)9-13(12)18-14/h10-11H,4-9,15H2,1-3H3. The highest BCUT2D eigenvalue weighted by atomic mass is 32.1. The summed E-state index contributed by atoms with van der Waals surface area (Å²) in [6, 6.07) is 0.143. The fraction of sp³-hybridized carbons (Fsp3) is 0.786. The summed E-state index contributed by atoms with van der Waals surface area (Å²) in [6.45, 7) is 10.2. The molecule has 1 aromatic heterocycles. The van der Waals surface area contributed by atoms with Crippen molar-refractivity contribution < 1.29 is 0 Å². The molecule has 0 amide bonds. The first kappa shape index (κ1) is 14.0. The van der Waals surface area contributed by atoms with Crippen LogP contribution in [-0.2, 0) is 13.0 Å². The quantitative estimate of drug-likeness (QED) is 0.892. The van der Waals surface area contributed by atoms with Gasteiger partial charge in [0.25, 0.3) is 0 Å². The van der Waals surface area contributed by atoms with E-state index in [-0.39, 0.29) is 6.04 Å². The summed E-state index contributed by atoms with van der Waals surface area (Å²) in [5, 5.41) is 1.15. The van der Waals surface area contributed by atoms with Crippen molar-refractivity contribution in [3.63, 3.8) is 0 Å². The van der Waals surface area contributed by atoms with Gasteiger partial charge < -0.3 is 5.73 Å². The van der Waals surface area contributed by atoms with Gasteiger partial charge in [-0.3, -0.25) is 4.90 Å². The van der Waals surface area contributed by atoms with Crippen molar-refractivity contribution in [1.29, 1.82) is 0 Å². The Kier molecular flexibility index (Phi) is 4.76. The maximum absolute atomic E-state index is 6.17. The average molecular weight is 267 g/mol. The predicted molar refractivity (Wildman–Crippen MR) is 77.8 cm³/mol. The first-order valence-corrected chi connectivity index (χ1v) is 7.88. The molecule has 2 rings (SSSR count). The maximum Gasteiger partial charge on any atom is 0.110 e. The van der Waals surface area contributed by atoms with Crippen molar-refractivity contribution in [2.45, 2.75) is 52.6 Å². The van der Waals surface area contributed by atoms with Gasteiger partial charge in [-0.15, -0.1) is 11.3 Å². The van der Waals surface area contributed by atoms with Crippen LogP contribution in [0, 0.1) is 5.92 Å². The monoisotopic (exact) mass is 267 g/mol. The van der Waals surface area contributed by atoms with Crippen LogP contribution in [0.5, 0.6) is 0 Å². The van der Waals surface area contributed by atoms with Gasteiger partial charge in [0.2, 0.25) is 0 Å². The summed E-state index contributed by atoms with van der Waals surface area (Å²) in [5.41, 5.74) is 7.47. The van der Waals surface area contributed by atoms with Gasteiger partial charge >= 0.3 is 0 Å². The molecule has 2 N–H and O–H groups in total. The molecule has 1 aliphatic rings. The van der Waals surface area contributed by atoms with Crippen LogP contribution in [0.15, 0.2) is 0 Å². The third kappa shape index (κ3) is 3.31. The summed E-state index contributed by atoms with van der Waals surface area (Å²) in [6.07, 6.45) is 3.27. The van der Waals surface area contributed by atoms with E-state index >= 15 is 0 Å². The highest BCUT2D eigenvalue weighted by Gasteiger charge is 2.22. The molecule has 1 aliphatic heterocycles. The van der Waals surface area contributed by atoms with Gasteiger partial charge in [-0.05, 0) is 12.3 Å². The fourth-order valence-electron chi connectivity index (χ4n) is 2.53. The third-order valence-corrected chi connectivity index (χ3v) is 4.58. The van der Waals surface area contributed by atoms with Gasteiger partial charge in [0.15, 0.2) is 0 Å². The zero-order valence-corrected chi connectivity index (χ0v) is 12.6. The summed E-state index contributed by atoms with van der Waals surface area (Å²) in [5.74, 6) is 0.737. The summed E-state index contributed by atoms with van der Waals surface area (Å²) >= 11 is 1.84. The highest BCUT2D eigenvalue weighted by molar-refractivity contribution is 7.11. The second-order valence-corrected chi connectivity index (χ2v) is 6.81. The van der Waals surface area contributed by atoms with E-state index < -0.39 is 0 Å². The van der Waals surface area contributed by atoms with Gasteiger partial charge in [0.1, 0.15) is 5.01 Å². The molecule has 18 heavy (non-hydrogen) atoms.